The van der Waals surface area contributed by atoms with Crippen LogP contribution in [0.2, 0.25) is 10.0 Å². The fraction of sp³-hybridized carbons (Fsp3) is 0.364. The van der Waals surface area contributed by atoms with E-state index in [2.05, 4.69) is 5.32 Å². The van der Waals surface area contributed by atoms with Gasteiger partial charge in [0, 0.05) is 22.6 Å². The lowest BCUT2D eigenvalue weighted by molar-refractivity contribution is -0.140. The second kappa shape index (κ2) is 10.5. The first-order valence-electron chi connectivity index (χ1n) is 9.38. The van der Waals surface area contributed by atoms with Crippen molar-refractivity contribution in [3.63, 3.8) is 0 Å². The number of halogens is 2. The minimum Gasteiger partial charge on any atom is -0.497 e. The number of hydrogen-bond donors (Lipinski definition) is 1. The summed E-state index contributed by atoms with van der Waals surface area (Å²) in [6.07, 6.45) is 0.00790. The number of nitrogens with one attached hydrogen (secondary N) is 1. The molecule has 2 rings (SSSR count). The van der Waals surface area contributed by atoms with E-state index in [-0.39, 0.29) is 30.8 Å². The molecule has 0 saturated heterocycles. The first-order chi connectivity index (χ1) is 13.7. The van der Waals surface area contributed by atoms with Gasteiger partial charge >= 0.3 is 0 Å². The highest BCUT2D eigenvalue weighted by atomic mass is 35.5. The van der Waals surface area contributed by atoms with Gasteiger partial charge in [-0.05, 0) is 56.2 Å². The average molecular weight is 437 g/mol. The summed E-state index contributed by atoms with van der Waals surface area (Å²) in [5, 5.41) is 3.71. The van der Waals surface area contributed by atoms with E-state index in [0.29, 0.717) is 15.6 Å². The zero-order valence-corrected chi connectivity index (χ0v) is 18.6. The van der Waals surface area contributed by atoms with Gasteiger partial charge in [-0.2, -0.15) is 0 Å². The first-order valence-corrected chi connectivity index (χ1v) is 10.1. The summed E-state index contributed by atoms with van der Waals surface area (Å²) >= 11 is 12.5. The molecular weight excluding hydrogens is 411 g/mol. The van der Waals surface area contributed by atoms with Crippen LogP contribution in [0.15, 0.2) is 42.5 Å². The zero-order valence-electron chi connectivity index (χ0n) is 17.0. The van der Waals surface area contributed by atoms with Crippen LogP contribution in [0.25, 0.3) is 0 Å². The summed E-state index contributed by atoms with van der Waals surface area (Å²) in [5.74, 6) is 0.273. The van der Waals surface area contributed by atoms with Crippen LogP contribution in [0.5, 0.6) is 5.75 Å². The second-order valence-corrected chi connectivity index (χ2v) is 7.90. The van der Waals surface area contributed by atoms with E-state index in [9.17, 15) is 9.59 Å². The van der Waals surface area contributed by atoms with E-state index in [1.165, 1.54) is 0 Å². The predicted molar refractivity (Wildman–Crippen MR) is 116 cm³/mol. The number of hydrogen-bond acceptors (Lipinski definition) is 3. The Kier molecular flexibility index (Phi) is 8.35. The summed E-state index contributed by atoms with van der Waals surface area (Å²) < 4.78 is 5.18. The third-order valence-electron chi connectivity index (χ3n) is 4.50. The molecule has 0 aliphatic carbocycles. The molecule has 0 aliphatic rings. The van der Waals surface area contributed by atoms with Crippen molar-refractivity contribution in [3.05, 3.63) is 63.6 Å². The van der Waals surface area contributed by atoms with Crippen LogP contribution < -0.4 is 10.1 Å². The van der Waals surface area contributed by atoms with E-state index in [0.717, 1.165) is 11.3 Å². The van der Waals surface area contributed by atoms with Gasteiger partial charge in [0.15, 0.2) is 0 Å². The third-order valence-corrected chi connectivity index (χ3v) is 5.21. The van der Waals surface area contributed by atoms with E-state index < -0.39 is 6.04 Å². The summed E-state index contributed by atoms with van der Waals surface area (Å²) in [6, 6.07) is 11.8. The van der Waals surface area contributed by atoms with Crippen LogP contribution in [0.3, 0.4) is 0 Å². The van der Waals surface area contributed by atoms with Gasteiger partial charge < -0.3 is 15.0 Å². The molecule has 0 aliphatic heterocycles. The highest BCUT2D eigenvalue weighted by Gasteiger charge is 2.27. The quantitative estimate of drug-likeness (QED) is 0.662. The number of nitrogens with zero attached hydrogens (tertiary/aromatic N) is 1. The van der Waals surface area contributed by atoms with Gasteiger partial charge in [0.2, 0.25) is 11.8 Å². The van der Waals surface area contributed by atoms with Crippen molar-refractivity contribution in [1.82, 2.24) is 10.2 Å². The third kappa shape index (κ3) is 6.38. The molecule has 0 aromatic heterocycles. The molecule has 2 amide bonds. The van der Waals surface area contributed by atoms with Gasteiger partial charge in [-0.3, -0.25) is 9.59 Å². The number of carbonyl (C=O) groups is 2. The van der Waals surface area contributed by atoms with Crippen LogP contribution in [0, 0.1) is 0 Å². The lowest BCUT2D eigenvalue weighted by Gasteiger charge is -2.29. The van der Waals surface area contributed by atoms with Crippen molar-refractivity contribution in [2.45, 2.75) is 45.8 Å². The van der Waals surface area contributed by atoms with Crippen molar-refractivity contribution in [2.75, 3.05) is 7.11 Å². The van der Waals surface area contributed by atoms with Gasteiger partial charge in [-0.15, -0.1) is 0 Å². The van der Waals surface area contributed by atoms with E-state index in [1.54, 1.807) is 37.1 Å². The zero-order chi connectivity index (χ0) is 21.6. The fourth-order valence-electron chi connectivity index (χ4n) is 2.87. The topological polar surface area (TPSA) is 58.6 Å². The standard InChI is InChI=1S/C22H26Cl2N2O3/c1-14(2)25-22(28)15(3)26(13-16-8-10-17(29-4)11-9-16)21(27)12-18-19(23)6-5-7-20(18)24/h5-11,14-15H,12-13H2,1-4H3,(H,25,28)/t15-/m1/s1. The van der Waals surface area contributed by atoms with Gasteiger partial charge in [-0.1, -0.05) is 41.4 Å². The first kappa shape index (κ1) is 23.0. The van der Waals surface area contributed by atoms with Crippen molar-refractivity contribution >= 4 is 35.0 Å². The van der Waals surface area contributed by atoms with Crippen molar-refractivity contribution in [2.24, 2.45) is 0 Å². The Morgan fingerprint density at radius 1 is 1.03 bits per heavy atom. The molecule has 1 atom stereocenters. The van der Waals surface area contributed by atoms with Gasteiger partial charge in [0.25, 0.3) is 0 Å². The van der Waals surface area contributed by atoms with Gasteiger partial charge in [0.05, 0.1) is 13.5 Å². The molecule has 29 heavy (non-hydrogen) atoms. The number of benzene rings is 2. The lowest BCUT2D eigenvalue weighted by atomic mass is 10.1. The smallest absolute Gasteiger partial charge is 0.242 e. The lowest BCUT2D eigenvalue weighted by Crippen LogP contribution is -2.49. The number of methoxy groups -OCH3 is 1. The summed E-state index contributed by atoms with van der Waals surface area (Å²) in [6.45, 7) is 5.75. The Balaban J connectivity index is 2.29. The summed E-state index contributed by atoms with van der Waals surface area (Å²) in [7, 11) is 1.59. The molecule has 2 aromatic carbocycles. The molecule has 5 nitrogen and oxygen atoms in total. The molecule has 1 N–H and O–H groups in total. The van der Waals surface area contributed by atoms with Crippen LogP contribution >= 0.6 is 23.2 Å². The molecule has 7 heteroatoms. The molecule has 0 unspecified atom stereocenters. The minimum absolute atomic E-state index is 0.00790. The molecule has 156 valence electrons. The second-order valence-electron chi connectivity index (χ2n) is 7.09. The summed E-state index contributed by atoms with van der Waals surface area (Å²) in [4.78, 5) is 27.3. The highest BCUT2D eigenvalue weighted by Crippen LogP contribution is 2.26. The van der Waals surface area contributed by atoms with Crippen LogP contribution in [0.4, 0.5) is 0 Å². The molecule has 0 saturated carbocycles. The maximum Gasteiger partial charge on any atom is 0.242 e. The Morgan fingerprint density at radius 2 is 1.62 bits per heavy atom. The minimum atomic E-state index is -0.659. The maximum atomic E-state index is 13.2. The normalized spacial score (nSPS) is 11.8. The molecular formula is C22H26Cl2N2O3. The Labute approximate surface area is 181 Å². The molecule has 0 fully saturated rings. The van der Waals surface area contributed by atoms with Crippen molar-refractivity contribution in [3.8, 4) is 5.75 Å². The molecule has 0 bridgehead atoms. The van der Waals surface area contributed by atoms with E-state index in [1.807, 2.05) is 38.1 Å². The maximum absolute atomic E-state index is 13.2. The van der Waals surface area contributed by atoms with E-state index >= 15 is 0 Å². The number of amides is 2. The largest absolute Gasteiger partial charge is 0.497 e. The molecule has 0 spiro atoms. The fourth-order valence-corrected chi connectivity index (χ4v) is 3.40. The monoisotopic (exact) mass is 436 g/mol. The van der Waals surface area contributed by atoms with Crippen LogP contribution in [-0.4, -0.2) is 35.9 Å². The average Bonchev–Trinajstić information content (AvgIpc) is 2.68. The van der Waals surface area contributed by atoms with E-state index in [4.69, 9.17) is 27.9 Å². The Bertz CT molecular complexity index is 833. The highest BCUT2D eigenvalue weighted by molar-refractivity contribution is 6.36. The van der Waals surface area contributed by atoms with Crippen molar-refractivity contribution < 1.29 is 14.3 Å². The number of ether oxygens (including phenoxy) is 1. The van der Waals surface area contributed by atoms with Gasteiger partial charge in [0.1, 0.15) is 11.8 Å². The number of carbonyl (C=O) groups excluding carboxylic acids is 2. The Hall–Kier alpha value is -2.24. The van der Waals surface area contributed by atoms with Crippen LogP contribution in [0.1, 0.15) is 31.9 Å². The molecule has 0 heterocycles. The SMILES string of the molecule is COc1ccc(CN(C(=O)Cc2c(Cl)cccc2Cl)[C@H](C)C(=O)NC(C)C)cc1. The summed E-state index contributed by atoms with van der Waals surface area (Å²) in [5.41, 5.74) is 1.44. The molecule has 2 aromatic rings. The predicted octanol–water partition coefficient (Wildman–Crippen LogP) is 4.49. The Morgan fingerprint density at radius 3 is 2.14 bits per heavy atom. The van der Waals surface area contributed by atoms with Crippen molar-refractivity contribution in [1.29, 1.82) is 0 Å². The molecule has 0 radical (unpaired) electrons. The van der Waals surface area contributed by atoms with Crippen LogP contribution in [-0.2, 0) is 22.6 Å². The number of rotatable bonds is 8. The van der Waals surface area contributed by atoms with Gasteiger partial charge in [-0.25, -0.2) is 0 Å².